The number of nitrogens with one attached hydrogen (secondary N) is 1. The number of anilines is 1. The number of hydrogen-bond donors (Lipinski definition) is 2. The van der Waals surface area contributed by atoms with Gasteiger partial charge >= 0.3 is 5.97 Å². The highest BCUT2D eigenvalue weighted by Crippen LogP contribution is 2.32. The van der Waals surface area contributed by atoms with E-state index in [2.05, 4.69) is 5.32 Å². The first-order chi connectivity index (χ1) is 10.0. The van der Waals surface area contributed by atoms with Gasteiger partial charge in [-0.25, -0.2) is 4.79 Å². The van der Waals surface area contributed by atoms with Crippen molar-refractivity contribution in [3.8, 4) is 0 Å². The zero-order valence-electron chi connectivity index (χ0n) is 11.7. The Morgan fingerprint density at radius 1 is 1.48 bits per heavy atom. The molecule has 1 atom stereocenters. The molecule has 1 aliphatic heterocycles. The summed E-state index contributed by atoms with van der Waals surface area (Å²) < 4.78 is 0. The summed E-state index contributed by atoms with van der Waals surface area (Å²) in [6, 6.07) is 4.99. The molecule has 5 nitrogen and oxygen atoms in total. The maximum atomic E-state index is 12.0. The van der Waals surface area contributed by atoms with Crippen molar-refractivity contribution in [1.29, 1.82) is 0 Å². The van der Waals surface area contributed by atoms with Gasteiger partial charge in [0.25, 0.3) is 0 Å². The van der Waals surface area contributed by atoms with Crippen molar-refractivity contribution in [1.82, 2.24) is 5.32 Å². The maximum absolute atomic E-state index is 12.0. The number of carbonyl (C=O) groups excluding carboxylic acids is 1. The monoisotopic (exact) mass is 308 g/mol. The fourth-order valence-corrected chi connectivity index (χ4v) is 2.73. The van der Waals surface area contributed by atoms with Gasteiger partial charge < -0.3 is 15.3 Å². The summed E-state index contributed by atoms with van der Waals surface area (Å²) >= 11 is 6.05. The van der Waals surface area contributed by atoms with E-state index in [1.807, 2.05) is 4.90 Å². The van der Waals surface area contributed by atoms with E-state index in [0.717, 1.165) is 36.7 Å². The number of carbonyl (C=O) groups is 2. The van der Waals surface area contributed by atoms with E-state index in [4.69, 9.17) is 16.7 Å². The second kappa shape index (κ2) is 6.63. The summed E-state index contributed by atoms with van der Waals surface area (Å²) in [5.41, 5.74) is 1.52. The lowest BCUT2D eigenvalue weighted by atomic mass is 10.1. The highest BCUT2D eigenvalue weighted by Gasteiger charge is 2.31. The van der Waals surface area contributed by atoms with Crippen molar-refractivity contribution in [3.63, 3.8) is 0 Å². The number of rotatable bonds is 4. The van der Waals surface area contributed by atoms with E-state index in [-0.39, 0.29) is 11.9 Å². The molecule has 1 unspecified atom stereocenters. The summed E-state index contributed by atoms with van der Waals surface area (Å²) in [6.07, 6.45) is 4.28. The lowest BCUT2D eigenvalue weighted by molar-refractivity contribution is -0.131. The molecular weight excluding hydrogens is 292 g/mol. The van der Waals surface area contributed by atoms with E-state index in [1.54, 1.807) is 25.2 Å². The van der Waals surface area contributed by atoms with Crippen LogP contribution in [0.15, 0.2) is 24.3 Å². The molecule has 2 N–H and O–H groups in total. The number of benzene rings is 1. The molecule has 0 aromatic heterocycles. The van der Waals surface area contributed by atoms with Gasteiger partial charge in [-0.1, -0.05) is 17.7 Å². The number of halogens is 1. The van der Waals surface area contributed by atoms with Gasteiger partial charge in [0.2, 0.25) is 5.91 Å². The van der Waals surface area contributed by atoms with E-state index in [1.165, 1.54) is 6.08 Å². The van der Waals surface area contributed by atoms with Crippen molar-refractivity contribution in [3.05, 3.63) is 34.9 Å². The zero-order valence-corrected chi connectivity index (χ0v) is 12.4. The minimum atomic E-state index is -1.01. The van der Waals surface area contributed by atoms with Crippen molar-refractivity contribution in [2.75, 3.05) is 18.5 Å². The Labute approximate surface area is 128 Å². The van der Waals surface area contributed by atoms with Gasteiger partial charge in [0.05, 0.1) is 0 Å². The van der Waals surface area contributed by atoms with Gasteiger partial charge in [-0.15, -0.1) is 0 Å². The molecule has 1 aliphatic rings. The number of nitrogens with zero attached hydrogens (tertiary/aromatic N) is 1. The Kier molecular flexibility index (Phi) is 4.85. The molecule has 1 heterocycles. The molecule has 21 heavy (non-hydrogen) atoms. The second-order valence-corrected chi connectivity index (χ2v) is 5.28. The minimum Gasteiger partial charge on any atom is -0.478 e. The zero-order chi connectivity index (χ0) is 15.4. The van der Waals surface area contributed by atoms with E-state index in [0.29, 0.717) is 5.02 Å². The largest absolute Gasteiger partial charge is 0.478 e. The van der Waals surface area contributed by atoms with Crippen LogP contribution < -0.4 is 10.2 Å². The van der Waals surface area contributed by atoms with E-state index < -0.39 is 5.97 Å². The summed E-state index contributed by atoms with van der Waals surface area (Å²) in [6.45, 7) is 0.742. The lowest BCUT2D eigenvalue weighted by Crippen LogP contribution is -2.42. The molecular formula is C15H17ClN2O3. The van der Waals surface area contributed by atoms with Crippen molar-refractivity contribution in [2.45, 2.75) is 18.9 Å². The summed E-state index contributed by atoms with van der Waals surface area (Å²) in [5.74, 6) is -1.05. The van der Waals surface area contributed by atoms with Gasteiger partial charge in [-0.05, 0) is 36.6 Å². The molecule has 112 valence electrons. The van der Waals surface area contributed by atoms with Crippen LogP contribution in [0.2, 0.25) is 5.02 Å². The molecule has 6 heteroatoms. The van der Waals surface area contributed by atoms with Gasteiger partial charge in [-0.3, -0.25) is 4.79 Å². The Morgan fingerprint density at radius 3 is 2.90 bits per heavy atom. The number of carboxylic acids is 1. The Morgan fingerprint density at radius 2 is 2.24 bits per heavy atom. The molecule has 1 aromatic carbocycles. The molecule has 0 aliphatic carbocycles. The third-order valence-electron chi connectivity index (χ3n) is 3.51. The van der Waals surface area contributed by atoms with Crippen LogP contribution in [0.1, 0.15) is 18.4 Å². The SMILES string of the molecule is CNC(=O)C1CCCN1c1cc(Cl)ccc1/C=C/C(=O)O. The van der Waals surface area contributed by atoms with Crippen LogP contribution in [0.3, 0.4) is 0 Å². The molecule has 1 fully saturated rings. The number of likely N-dealkylation sites (N-methyl/N-ethyl adjacent to an activating group) is 1. The smallest absolute Gasteiger partial charge is 0.328 e. The minimum absolute atomic E-state index is 0.0411. The van der Waals surface area contributed by atoms with E-state index >= 15 is 0 Å². The third-order valence-corrected chi connectivity index (χ3v) is 3.74. The van der Waals surface area contributed by atoms with Crippen LogP contribution in [-0.4, -0.2) is 36.6 Å². The van der Waals surface area contributed by atoms with Crippen molar-refractivity contribution in [2.24, 2.45) is 0 Å². The summed E-state index contributed by atoms with van der Waals surface area (Å²) in [5, 5.41) is 12.0. The van der Waals surface area contributed by atoms with Crippen LogP contribution in [0.5, 0.6) is 0 Å². The third kappa shape index (κ3) is 3.55. The molecule has 1 aromatic rings. The predicted octanol–water partition coefficient (Wildman–Crippen LogP) is 2.15. The quantitative estimate of drug-likeness (QED) is 0.836. The van der Waals surface area contributed by atoms with Crippen LogP contribution in [-0.2, 0) is 9.59 Å². The second-order valence-electron chi connectivity index (χ2n) is 4.84. The lowest BCUT2D eigenvalue weighted by Gasteiger charge is -2.27. The molecule has 1 saturated heterocycles. The molecule has 0 bridgehead atoms. The van der Waals surface area contributed by atoms with Gasteiger partial charge in [0, 0.05) is 30.4 Å². The van der Waals surface area contributed by atoms with Crippen LogP contribution in [0, 0.1) is 0 Å². The Balaban J connectivity index is 2.39. The Hall–Kier alpha value is -2.01. The summed E-state index contributed by atoms with van der Waals surface area (Å²) in [4.78, 5) is 24.6. The summed E-state index contributed by atoms with van der Waals surface area (Å²) in [7, 11) is 1.61. The molecule has 2 rings (SSSR count). The maximum Gasteiger partial charge on any atom is 0.328 e. The van der Waals surface area contributed by atoms with Crippen molar-refractivity contribution < 1.29 is 14.7 Å². The average molecular weight is 309 g/mol. The molecule has 0 spiro atoms. The average Bonchev–Trinajstić information content (AvgIpc) is 2.94. The van der Waals surface area contributed by atoms with Gasteiger partial charge in [0.1, 0.15) is 6.04 Å². The molecule has 0 saturated carbocycles. The van der Waals surface area contributed by atoms with Gasteiger partial charge in [-0.2, -0.15) is 0 Å². The standard InChI is InChI=1S/C15H17ClN2O3/c1-17-15(21)12-3-2-8-18(12)13-9-11(16)6-4-10(13)5-7-14(19)20/h4-7,9,12H,2-3,8H2,1H3,(H,17,21)(H,19,20)/b7-5+. The topological polar surface area (TPSA) is 69.6 Å². The number of hydrogen-bond acceptors (Lipinski definition) is 3. The first kappa shape index (κ1) is 15.4. The number of aliphatic carboxylic acids is 1. The Bertz CT molecular complexity index is 586. The molecule has 1 amide bonds. The van der Waals surface area contributed by atoms with Gasteiger partial charge in [0.15, 0.2) is 0 Å². The fourth-order valence-electron chi connectivity index (χ4n) is 2.56. The van der Waals surface area contributed by atoms with Crippen molar-refractivity contribution >= 4 is 35.2 Å². The van der Waals surface area contributed by atoms with Crippen LogP contribution >= 0.6 is 11.6 Å². The highest BCUT2D eigenvalue weighted by molar-refractivity contribution is 6.31. The highest BCUT2D eigenvalue weighted by atomic mass is 35.5. The van der Waals surface area contributed by atoms with E-state index in [9.17, 15) is 9.59 Å². The van der Waals surface area contributed by atoms with Crippen LogP contribution in [0.4, 0.5) is 5.69 Å². The first-order valence-electron chi connectivity index (χ1n) is 6.71. The normalized spacial score (nSPS) is 18.2. The molecule has 0 radical (unpaired) electrons. The van der Waals surface area contributed by atoms with Crippen LogP contribution in [0.25, 0.3) is 6.08 Å². The fraction of sp³-hybridized carbons (Fsp3) is 0.333. The number of amides is 1. The number of carboxylic acid groups (broad SMARTS) is 1. The predicted molar refractivity (Wildman–Crippen MR) is 82.6 cm³/mol. The first-order valence-corrected chi connectivity index (χ1v) is 7.09.